The van der Waals surface area contributed by atoms with E-state index < -0.39 is 6.10 Å². The van der Waals surface area contributed by atoms with Crippen LogP contribution in [-0.2, 0) is 16.1 Å². The zero-order valence-electron chi connectivity index (χ0n) is 12.2. The molecule has 0 bridgehead atoms. The van der Waals surface area contributed by atoms with Crippen LogP contribution in [0.2, 0.25) is 0 Å². The second-order valence-electron chi connectivity index (χ2n) is 5.32. The molecule has 1 aliphatic rings. The van der Waals surface area contributed by atoms with Crippen LogP contribution in [-0.4, -0.2) is 55.1 Å². The van der Waals surface area contributed by atoms with Crippen molar-refractivity contribution in [2.24, 2.45) is 0 Å². The highest BCUT2D eigenvalue weighted by Crippen LogP contribution is 2.09. The maximum atomic E-state index is 10.0. The van der Waals surface area contributed by atoms with Crippen molar-refractivity contribution < 1.29 is 14.6 Å². The maximum Gasteiger partial charge on any atom is 0.0900 e. The highest BCUT2D eigenvalue weighted by Gasteiger charge is 2.20. The van der Waals surface area contributed by atoms with Crippen molar-refractivity contribution in [3.05, 3.63) is 35.9 Å². The monoisotopic (exact) mass is 279 g/mol. The first-order valence-electron chi connectivity index (χ1n) is 7.41. The summed E-state index contributed by atoms with van der Waals surface area (Å²) >= 11 is 0. The molecule has 1 saturated heterocycles. The lowest BCUT2D eigenvalue weighted by molar-refractivity contribution is -0.0530. The van der Waals surface area contributed by atoms with Crippen molar-refractivity contribution in [1.82, 2.24) is 4.90 Å². The number of β-amino-alcohol motifs (C(OH)–C–C–N with tert-alkyl or cyclic N) is 1. The van der Waals surface area contributed by atoms with Crippen LogP contribution in [0.1, 0.15) is 18.9 Å². The lowest BCUT2D eigenvalue weighted by Gasteiger charge is -2.33. The zero-order valence-corrected chi connectivity index (χ0v) is 12.2. The smallest absolute Gasteiger partial charge is 0.0900 e. The minimum absolute atomic E-state index is 0.307. The molecule has 0 aliphatic carbocycles. The summed E-state index contributed by atoms with van der Waals surface area (Å²) in [6, 6.07) is 10.0. The Bertz CT molecular complexity index is 371. The van der Waals surface area contributed by atoms with E-state index in [1.54, 1.807) is 0 Å². The van der Waals surface area contributed by atoms with Crippen LogP contribution in [0.15, 0.2) is 30.3 Å². The van der Waals surface area contributed by atoms with Gasteiger partial charge in [0, 0.05) is 19.6 Å². The van der Waals surface area contributed by atoms with Gasteiger partial charge in [0.2, 0.25) is 0 Å². The van der Waals surface area contributed by atoms with E-state index in [2.05, 4.69) is 11.8 Å². The first-order valence-corrected chi connectivity index (χ1v) is 7.41. The lowest BCUT2D eigenvalue weighted by Crippen LogP contribution is -2.46. The van der Waals surface area contributed by atoms with Crippen LogP contribution in [0.4, 0.5) is 0 Å². The molecule has 0 aromatic heterocycles. The molecule has 2 rings (SSSR count). The average Bonchev–Trinajstić information content (AvgIpc) is 2.48. The topological polar surface area (TPSA) is 41.9 Å². The van der Waals surface area contributed by atoms with E-state index in [-0.39, 0.29) is 0 Å². The van der Waals surface area contributed by atoms with Crippen molar-refractivity contribution in [1.29, 1.82) is 0 Å². The summed E-state index contributed by atoms with van der Waals surface area (Å²) < 4.78 is 11.2. The molecule has 0 saturated carbocycles. The fourth-order valence-electron chi connectivity index (χ4n) is 2.43. The van der Waals surface area contributed by atoms with Gasteiger partial charge in [0.25, 0.3) is 0 Å². The van der Waals surface area contributed by atoms with Crippen molar-refractivity contribution in [3.8, 4) is 0 Å². The zero-order chi connectivity index (χ0) is 14.2. The highest BCUT2D eigenvalue weighted by molar-refractivity contribution is 5.13. The Morgan fingerprint density at radius 2 is 2.20 bits per heavy atom. The average molecular weight is 279 g/mol. The highest BCUT2D eigenvalue weighted by atomic mass is 16.5. The molecule has 1 aromatic carbocycles. The Kier molecular flexibility index (Phi) is 6.47. The van der Waals surface area contributed by atoms with Crippen molar-refractivity contribution in [2.45, 2.75) is 32.2 Å². The van der Waals surface area contributed by atoms with Gasteiger partial charge in [-0.1, -0.05) is 37.3 Å². The first-order chi connectivity index (χ1) is 9.78. The Hall–Kier alpha value is -0.940. The molecular weight excluding hydrogens is 254 g/mol. The number of aliphatic hydroxyl groups is 1. The fourth-order valence-corrected chi connectivity index (χ4v) is 2.43. The number of hydrogen-bond donors (Lipinski definition) is 1. The Labute approximate surface area is 121 Å². The summed E-state index contributed by atoms with van der Waals surface area (Å²) in [5.74, 6) is 0. The van der Waals surface area contributed by atoms with Crippen LogP contribution < -0.4 is 0 Å². The van der Waals surface area contributed by atoms with E-state index in [0.717, 1.165) is 31.7 Å². The van der Waals surface area contributed by atoms with Gasteiger partial charge < -0.3 is 14.6 Å². The third kappa shape index (κ3) is 5.21. The Balaban J connectivity index is 1.63. The molecule has 1 N–H and O–H groups in total. The molecule has 4 heteroatoms. The molecule has 1 aromatic rings. The number of benzene rings is 1. The van der Waals surface area contributed by atoms with Gasteiger partial charge in [0.05, 0.1) is 32.0 Å². The summed E-state index contributed by atoms with van der Waals surface area (Å²) in [5.41, 5.74) is 1.14. The lowest BCUT2D eigenvalue weighted by atomic mass is 10.2. The molecule has 1 heterocycles. The standard InChI is InChI=1S/C16H25NO3/c1-2-16-11-17(8-9-20-16)10-15(18)13-19-12-14-6-4-3-5-7-14/h3-7,15-16,18H,2,8-13H2,1H3. The van der Waals surface area contributed by atoms with Gasteiger partial charge in [-0.15, -0.1) is 0 Å². The number of nitrogens with zero attached hydrogens (tertiary/aromatic N) is 1. The molecule has 1 fully saturated rings. The predicted molar refractivity (Wildman–Crippen MR) is 78.6 cm³/mol. The van der Waals surface area contributed by atoms with E-state index >= 15 is 0 Å². The summed E-state index contributed by atoms with van der Waals surface area (Å²) in [5, 5.41) is 10.0. The minimum Gasteiger partial charge on any atom is -0.389 e. The van der Waals surface area contributed by atoms with Crippen LogP contribution >= 0.6 is 0 Å². The van der Waals surface area contributed by atoms with Gasteiger partial charge in [-0.2, -0.15) is 0 Å². The second kappa shape index (κ2) is 8.37. The van der Waals surface area contributed by atoms with E-state index in [1.807, 2.05) is 30.3 Å². The van der Waals surface area contributed by atoms with Gasteiger partial charge in [-0.3, -0.25) is 4.90 Å². The van der Waals surface area contributed by atoms with Gasteiger partial charge in [0.15, 0.2) is 0 Å². The second-order valence-corrected chi connectivity index (χ2v) is 5.32. The molecule has 2 atom stereocenters. The van der Waals surface area contributed by atoms with Crippen LogP contribution in [0.25, 0.3) is 0 Å². The number of morpholine rings is 1. The number of aliphatic hydroxyl groups excluding tert-OH is 1. The van der Waals surface area contributed by atoms with E-state index in [1.165, 1.54) is 0 Å². The number of hydrogen-bond acceptors (Lipinski definition) is 4. The van der Waals surface area contributed by atoms with Crippen molar-refractivity contribution in [3.63, 3.8) is 0 Å². The quantitative estimate of drug-likeness (QED) is 0.824. The SMILES string of the molecule is CCC1CN(CC(O)COCc2ccccc2)CCO1. The molecule has 0 radical (unpaired) electrons. The summed E-state index contributed by atoms with van der Waals surface area (Å²) in [6.07, 6.45) is 0.896. The largest absolute Gasteiger partial charge is 0.389 e. The van der Waals surface area contributed by atoms with Gasteiger partial charge in [-0.05, 0) is 12.0 Å². The molecular formula is C16H25NO3. The van der Waals surface area contributed by atoms with Crippen molar-refractivity contribution >= 4 is 0 Å². The van der Waals surface area contributed by atoms with Crippen LogP contribution in [0.5, 0.6) is 0 Å². The van der Waals surface area contributed by atoms with Crippen molar-refractivity contribution in [2.75, 3.05) is 32.8 Å². The minimum atomic E-state index is -0.436. The molecule has 2 unspecified atom stereocenters. The first kappa shape index (κ1) is 15.4. The van der Waals surface area contributed by atoms with Crippen LogP contribution in [0.3, 0.4) is 0 Å². The predicted octanol–water partition coefficient (Wildman–Crippen LogP) is 1.67. The summed E-state index contributed by atoms with van der Waals surface area (Å²) in [7, 11) is 0. The molecule has 112 valence electrons. The molecule has 0 amide bonds. The van der Waals surface area contributed by atoms with Gasteiger partial charge >= 0.3 is 0 Å². The van der Waals surface area contributed by atoms with E-state index in [4.69, 9.17) is 9.47 Å². The fraction of sp³-hybridized carbons (Fsp3) is 0.625. The van der Waals surface area contributed by atoms with E-state index in [0.29, 0.717) is 25.9 Å². The molecule has 20 heavy (non-hydrogen) atoms. The Morgan fingerprint density at radius 3 is 2.95 bits per heavy atom. The Morgan fingerprint density at radius 1 is 1.40 bits per heavy atom. The molecule has 0 spiro atoms. The summed E-state index contributed by atoms with van der Waals surface area (Å²) in [6.45, 7) is 6.29. The molecule has 1 aliphatic heterocycles. The summed E-state index contributed by atoms with van der Waals surface area (Å²) in [4.78, 5) is 2.26. The maximum absolute atomic E-state index is 10.0. The van der Waals surface area contributed by atoms with Gasteiger partial charge in [0.1, 0.15) is 0 Å². The number of ether oxygens (including phenoxy) is 2. The normalized spacial score (nSPS) is 21.8. The van der Waals surface area contributed by atoms with Crippen LogP contribution in [0, 0.1) is 0 Å². The molecule has 4 nitrogen and oxygen atoms in total. The third-order valence-electron chi connectivity index (χ3n) is 3.57. The third-order valence-corrected chi connectivity index (χ3v) is 3.57. The van der Waals surface area contributed by atoms with E-state index in [9.17, 15) is 5.11 Å². The number of rotatable bonds is 7. The van der Waals surface area contributed by atoms with Gasteiger partial charge in [-0.25, -0.2) is 0 Å².